The summed E-state index contributed by atoms with van der Waals surface area (Å²) in [6.07, 6.45) is 2.17. The van der Waals surface area contributed by atoms with Crippen LogP contribution >= 0.6 is 22.6 Å². The lowest BCUT2D eigenvalue weighted by Gasteiger charge is -2.30. The Hall–Kier alpha value is -0.170. The van der Waals surface area contributed by atoms with Crippen LogP contribution in [0.15, 0.2) is 24.3 Å². The van der Waals surface area contributed by atoms with Crippen molar-refractivity contribution in [3.63, 3.8) is 0 Å². The summed E-state index contributed by atoms with van der Waals surface area (Å²) in [6, 6.07) is 8.77. The predicted octanol–water partition coefficient (Wildman–Crippen LogP) is 2.22. The zero-order valence-corrected chi connectivity index (χ0v) is 11.3. The van der Waals surface area contributed by atoms with Gasteiger partial charge in [-0.1, -0.05) is 12.1 Å². The highest BCUT2D eigenvalue weighted by Crippen LogP contribution is 2.29. The number of hydrogen-bond acceptors (Lipinski definition) is 3. The molecule has 1 saturated heterocycles. The lowest BCUT2D eigenvalue weighted by atomic mass is 9.87. The summed E-state index contributed by atoms with van der Waals surface area (Å²) >= 11 is 2.33. The maximum atomic E-state index is 5.69. The molecule has 1 aromatic carbocycles. The van der Waals surface area contributed by atoms with Crippen molar-refractivity contribution in [3.05, 3.63) is 33.4 Å². The second-order valence-electron chi connectivity index (χ2n) is 4.15. The number of benzene rings is 1. The minimum Gasteiger partial charge on any atom is -0.381 e. The first-order valence-electron chi connectivity index (χ1n) is 5.60. The van der Waals surface area contributed by atoms with Crippen LogP contribution in [-0.4, -0.2) is 13.2 Å². The lowest BCUT2D eigenvalue weighted by molar-refractivity contribution is 0.0536. The topological polar surface area (TPSA) is 47.3 Å². The number of halogens is 1. The van der Waals surface area contributed by atoms with Gasteiger partial charge in [-0.25, -0.2) is 0 Å². The van der Waals surface area contributed by atoms with Crippen molar-refractivity contribution < 1.29 is 4.74 Å². The minimum atomic E-state index is 0.249. The third kappa shape index (κ3) is 2.94. The van der Waals surface area contributed by atoms with Crippen molar-refractivity contribution in [1.29, 1.82) is 0 Å². The second kappa shape index (κ2) is 5.95. The van der Waals surface area contributed by atoms with Gasteiger partial charge in [-0.2, -0.15) is 0 Å². The molecule has 1 aliphatic heterocycles. The first kappa shape index (κ1) is 12.3. The molecule has 0 radical (unpaired) electrons. The molecule has 1 aliphatic rings. The second-order valence-corrected chi connectivity index (χ2v) is 5.39. The van der Waals surface area contributed by atoms with Crippen LogP contribution in [0.5, 0.6) is 0 Å². The number of nitrogens with two attached hydrogens (primary N) is 1. The molecule has 0 aliphatic carbocycles. The van der Waals surface area contributed by atoms with Crippen LogP contribution in [0.25, 0.3) is 0 Å². The fourth-order valence-corrected chi connectivity index (χ4v) is 2.82. The molecule has 16 heavy (non-hydrogen) atoms. The Labute approximate surface area is 110 Å². The van der Waals surface area contributed by atoms with Crippen molar-refractivity contribution >= 4 is 22.6 Å². The molecule has 1 aromatic rings. The van der Waals surface area contributed by atoms with E-state index in [1.807, 2.05) is 0 Å². The van der Waals surface area contributed by atoms with Gasteiger partial charge in [0.05, 0.1) is 0 Å². The smallest absolute Gasteiger partial charge is 0.0490 e. The van der Waals surface area contributed by atoms with Crippen molar-refractivity contribution in [3.8, 4) is 0 Å². The fourth-order valence-electron chi connectivity index (χ4n) is 2.25. The summed E-state index contributed by atoms with van der Waals surface area (Å²) in [7, 11) is 0. The van der Waals surface area contributed by atoms with E-state index in [0.717, 1.165) is 26.1 Å². The van der Waals surface area contributed by atoms with Crippen LogP contribution in [0, 0.1) is 9.49 Å². The van der Waals surface area contributed by atoms with E-state index in [1.165, 1.54) is 9.13 Å². The van der Waals surface area contributed by atoms with Crippen molar-refractivity contribution in [2.75, 3.05) is 13.2 Å². The van der Waals surface area contributed by atoms with Gasteiger partial charge in [0.1, 0.15) is 0 Å². The van der Waals surface area contributed by atoms with Gasteiger partial charge in [0.2, 0.25) is 0 Å². The molecule has 4 heteroatoms. The van der Waals surface area contributed by atoms with E-state index in [1.54, 1.807) is 0 Å². The normalized spacial score (nSPS) is 19.6. The van der Waals surface area contributed by atoms with E-state index in [0.29, 0.717) is 5.92 Å². The van der Waals surface area contributed by atoms with Gasteiger partial charge in [-0.15, -0.1) is 0 Å². The highest BCUT2D eigenvalue weighted by molar-refractivity contribution is 14.1. The quantitative estimate of drug-likeness (QED) is 0.507. The molecular weight excluding hydrogens is 315 g/mol. The first-order chi connectivity index (χ1) is 7.81. The van der Waals surface area contributed by atoms with Crippen LogP contribution in [0.2, 0.25) is 0 Å². The van der Waals surface area contributed by atoms with Gasteiger partial charge >= 0.3 is 0 Å². The van der Waals surface area contributed by atoms with Crippen LogP contribution in [-0.2, 0) is 4.74 Å². The fraction of sp³-hybridized carbons (Fsp3) is 0.500. The van der Waals surface area contributed by atoms with Gasteiger partial charge in [0.15, 0.2) is 0 Å². The summed E-state index contributed by atoms with van der Waals surface area (Å²) in [5, 5.41) is 0. The van der Waals surface area contributed by atoms with E-state index in [2.05, 4.69) is 52.3 Å². The van der Waals surface area contributed by atoms with Gasteiger partial charge in [0, 0.05) is 22.8 Å². The number of rotatable bonds is 3. The van der Waals surface area contributed by atoms with Gasteiger partial charge in [-0.05, 0) is 59.0 Å². The lowest BCUT2D eigenvalue weighted by Crippen LogP contribution is -2.36. The van der Waals surface area contributed by atoms with Crippen molar-refractivity contribution in [1.82, 2.24) is 5.43 Å². The molecule has 0 bridgehead atoms. The number of hydrazine groups is 1. The minimum absolute atomic E-state index is 0.249. The molecule has 0 saturated carbocycles. The SMILES string of the molecule is NNC(c1cccc(I)c1)C1CCOCC1. The van der Waals surface area contributed by atoms with Crippen LogP contribution in [0.3, 0.4) is 0 Å². The summed E-state index contributed by atoms with van der Waals surface area (Å²) in [6.45, 7) is 1.71. The third-order valence-corrected chi connectivity index (χ3v) is 3.80. The molecule has 0 amide bonds. The monoisotopic (exact) mass is 332 g/mol. The molecule has 88 valence electrons. The van der Waals surface area contributed by atoms with E-state index in [4.69, 9.17) is 10.6 Å². The maximum absolute atomic E-state index is 5.69. The van der Waals surface area contributed by atoms with Crippen LogP contribution in [0.1, 0.15) is 24.4 Å². The number of ether oxygens (including phenoxy) is 1. The van der Waals surface area contributed by atoms with Gasteiger partial charge in [0.25, 0.3) is 0 Å². The predicted molar refractivity (Wildman–Crippen MR) is 72.8 cm³/mol. The number of hydrogen-bond donors (Lipinski definition) is 2. The Morgan fingerprint density at radius 1 is 1.38 bits per heavy atom. The van der Waals surface area contributed by atoms with Gasteiger partial charge in [-0.3, -0.25) is 11.3 Å². The van der Waals surface area contributed by atoms with E-state index >= 15 is 0 Å². The zero-order valence-electron chi connectivity index (χ0n) is 9.16. The molecule has 0 spiro atoms. The van der Waals surface area contributed by atoms with Crippen LogP contribution < -0.4 is 11.3 Å². The van der Waals surface area contributed by atoms with Crippen LogP contribution in [0.4, 0.5) is 0 Å². The Morgan fingerprint density at radius 2 is 2.12 bits per heavy atom. The summed E-state index contributed by atoms with van der Waals surface area (Å²) in [4.78, 5) is 0. The average Bonchev–Trinajstić information content (AvgIpc) is 2.31. The van der Waals surface area contributed by atoms with Gasteiger partial charge < -0.3 is 4.74 Å². The summed E-state index contributed by atoms with van der Waals surface area (Å²) < 4.78 is 6.64. The van der Waals surface area contributed by atoms with E-state index in [-0.39, 0.29) is 6.04 Å². The Balaban J connectivity index is 2.14. The Morgan fingerprint density at radius 3 is 2.75 bits per heavy atom. The molecule has 1 heterocycles. The largest absolute Gasteiger partial charge is 0.381 e. The molecule has 1 atom stereocenters. The maximum Gasteiger partial charge on any atom is 0.0490 e. The highest BCUT2D eigenvalue weighted by Gasteiger charge is 2.24. The molecule has 2 rings (SSSR count). The van der Waals surface area contributed by atoms with E-state index in [9.17, 15) is 0 Å². The van der Waals surface area contributed by atoms with Crippen molar-refractivity contribution in [2.24, 2.45) is 11.8 Å². The molecular formula is C12H17IN2O. The Bertz CT molecular complexity index is 340. The summed E-state index contributed by atoms with van der Waals surface area (Å²) in [5.74, 6) is 6.27. The van der Waals surface area contributed by atoms with E-state index < -0.39 is 0 Å². The highest BCUT2D eigenvalue weighted by atomic mass is 127. The summed E-state index contributed by atoms with van der Waals surface area (Å²) in [5.41, 5.74) is 4.24. The standard InChI is InChI=1S/C12H17IN2O/c13-11-3-1-2-10(8-11)12(15-14)9-4-6-16-7-5-9/h1-3,8-9,12,15H,4-7,14H2. The molecule has 1 unspecified atom stereocenters. The first-order valence-corrected chi connectivity index (χ1v) is 6.68. The number of nitrogens with one attached hydrogen (secondary N) is 1. The molecule has 0 aromatic heterocycles. The molecule has 3 N–H and O–H groups in total. The average molecular weight is 332 g/mol. The van der Waals surface area contributed by atoms with Crippen molar-refractivity contribution in [2.45, 2.75) is 18.9 Å². The third-order valence-electron chi connectivity index (χ3n) is 3.12. The Kier molecular flexibility index (Phi) is 4.57. The molecule has 3 nitrogen and oxygen atoms in total. The zero-order chi connectivity index (χ0) is 11.4. The molecule has 1 fully saturated rings.